The number of hydrogen-bond donors (Lipinski definition) is 1. The van der Waals surface area contributed by atoms with Crippen LogP contribution in [0.15, 0.2) is 24.3 Å². The van der Waals surface area contributed by atoms with E-state index in [1.807, 2.05) is 0 Å². The highest BCUT2D eigenvalue weighted by molar-refractivity contribution is 7.91. The molecule has 3 rings (SSSR count). The predicted octanol–water partition coefficient (Wildman–Crippen LogP) is -0.646. The van der Waals surface area contributed by atoms with E-state index in [4.69, 9.17) is 0 Å². The van der Waals surface area contributed by atoms with Crippen LogP contribution in [0.25, 0.3) is 0 Å². The van der Waals surface area contributed by atoms with Gasteiger partial charge in [-0.1, -0.05) is 12.1 Å². The minimum absolute atomic E-state index is 0.106. The Labute approximate surface area is 129 Å². The lowest BCUT2D eigenvalue weighted by molar-refractivity contribution is -0.925. The summed E-state index contributed by atoms with van der Waals surface area (Å²) >= 11 is 0. The fourth-order valence-corrected chi connectivity index (χ4v) is 5.15. The van der Waals surface area contributed by atoms with Gasteiger partial charge in [-0.25, -0.2) is 12.8 Å². The Morgan fingerprint density at radius 3 is 2.50 bits per heavy atom. The van der Waals surface area contributed by atoms with Gasteiger partial charge in [0.05, 0.1) is 37.5 Å². The molecule has 2 aliphatic rings. The molecule has 1 aromatic carbocycles. The summed E-state index contributed by atoms with van der Waals surface area (Å²) in [7, 11) is -2.87. The molecule has 0 bridgehead atoms. The molecule has 1 N–H and O–H groups in total. The summed E-state index contributed by atoms with van der Waals surface area (Å²) in [6.45, 7) is 2.53. The SMILES string of the molecule is O=C(c1ccccc1F)N1CC[NH+]([C@H]2CCS(=O)(=O)C2)CC1. The largest absolute Gasteiger partial charge is 0.329 e. The van der Waals surface area contributed by atoms with E-state index in [9.17, 15) is 17.6 Å². The van der Waals surface area contributed by atoms with Crippen LogP contribution in [-0.2, 0) is 9.84 Å². The second kappa shape index (κ2) is 5.96. The zero-order valence-corrected chi connectivity index (χ0v) is 13.1. The van der Waals surface area contributed by atoms with Gasteiger partial charge in [-0.05, 0) is 12.1 Å². The minimum atomic E-state index is -2.87. The van der Waals surface area contributed by atoms with E-state index in [-0.39, 0.29) is 29.0 Å². The van der Waals surface area contributed by atoms with Gasteiger partial charge >= 0.3 is 0 Å². The van der Waals surface area contributed by atoms with Crippen LogP contribution in [0.3, 0.4) is 0 Å². The van der Waals surface area contributed by atoms with Gasteiger partial charge in [0.15, 0.2) is 9.84 Å². The maximum Gasteiger partial charge on any atom is 0.257 e. The van der Waals surface area contributed by atoms with E-state index in [1.54, 1.807) is 17.0 Å². The third-order valence-corrected chi connectivity index (χ3v) is 6.37. The van der Waals surface area contributed by atoms with Crippen LogP contribution in [0.1, 0.15) is 16.8 Å². The molecule has 7 heteroatoms. The standard InChI is InChI=1S/C15H19FN2O3S/c16-14-4-2-1-3-13(14)15(19)18-8-6-17(7-9-18)12-5-10-22(20,21)11-12/h1-4,12H,5-11H2/p+1/t12-/m0/s1. The van der Waals surface area contributed by atoms with Crippen molar-refractivity contribution < 1.29 is 22.5 Å². The number of piperazine rings is 1. The van der Waals surface area contributed by atoms with E-state index < -0.39 is 15.7 Å². The number of amides is 1. The number of sulfone groups is 1. The summed E-state index contributed by atoms with van der Waals surface area (Å²) in [5, 5.41) is 0. The first-order valence-corrected chi connectivity index (χ1v) is 9.37. The van der Waals surface area contributed by atoms with Crippen LogP contribution < -0.4 is 4.90 Å². The average Bonchev–Trinajstić information content (AvgIpc) is 2.87. The smallest absolute Gasteiger partial charge is 0.257 e. The lowest BCUT2D eigenvalue weighted by Crippen LogP contribution is -3.18. The first-order chi connectivity index (χ1) is 10.5. The Balaban J connectivity index is 1.60. The van der Waals surface area contributed by atoms with Gasteiger partial charge < -0.3 is 9.80 Å². The fraction of sp³-hybridized carbons (Fsp3) is 0.533. The molecule has 2 aliphatic heterocycles. The van der Waals surface area contributed by atoms with Gasteiger partial charge in [0, 0.05) is 6.42 Å². The molecular weight excluding hydrogens is 307 g/mol. The lowest BCUT2D eigenvalue weighted by atomic mass is 10.1. The van der Waals surface area contributed by atoms with E-state index in [2.05, 4.69) is 0 Å². The number of benzene rings is 1. The van der Waals surface area contributed by atoms with Crippen molar-refractivity contribution in [3.63, 3.8) is 0 Å². The molecule has 1 atom stereocenters. The van der Waals surface area contributed by atoms with Crippen molar-refractivity contribution in [3.05, 3.63) is 35.6 Å². The van der Waals surface area contributed by atoms with E-state index in [1.165, 1.54) is 17.0 Å². The molecule has 0 unspecified atom stereocenters. The molecule has 1 aromatic rings. The molecule has 2 fully saturated rings. The summed E-state index contributed by atoms with van der Waals surface area (Å²) in [6.07, 6.45) is 0.707. The number of hydrogen-bond acceptors (Lipinski definition) is 3. The van der Waals surface area contributed by atoms with E-state index in [0.29, 0.717) is 19.5 Å². The Morgan fingerprint density at radius 2 is 1.91 bits per heavy atom. The van der Waals surface area contributed by atoms with Crippen LogP contribution in [0.5, 0.6) is 0 Å². The maximum atomic E-state index is 13.7. The predicted molar refractivity (Wildman–Crippen MR) is 80.1 cm³/mol. The van der Waals surface area contributed by atoms with Crippen LogP contribution in [0.4, 0.5) is 4.39 Å². The summed E-state index contributed by atoms with van der Waals surface area (Å²) in [5.41, 5.74) is 0.106. The van der Waals surface area contributed by atoms with Crippen LogP contribution in [-0.4, -0.2) is 63.0 Å². The fourth-order valence-electron chi connectivity index (χ4n) is 3.33. The minimum Gasteiger partial charge on any atom is -0.329 e. The summed E-state index contributed by atoms with van der Waals surface area (Å²) < 4.78 is 36.8. The first kappa shape index (κ1) is 15.4. The molecule has 120 valence electrons. The molecule has 2 heterocycles. The van der Waals surface area contributed by atoms with Crippen molar-refractivity contribution in [2.45, 2.75) is 12.5 Å². The monoisotopic (exact) mass is 327 g/mol. The van der Waals surface area contributed by atoms with Gasteiger partial charge in [-0.15, -0.1) is 0 Å². The highest BCUT2D eigenvalue weighted by Gasteiger charge is 2.37. The molecular formula is C15H20FN2O3S+. The highest BCUT2D eigenvalue weighted by atomic mass is 32.2. The quantitative estimate of drug-likeness (QED) is 0.786. The summed E-state index contributed by atoms with van der Waals surface area (Å²) in [6, 6.07) is 6.16. The van der Waals surface area contributed by atoms with Crippen LogP contribution >= 0.6 is 0 Å². The molecule has 5 nitrogen and oxygen atoms in total. The molecule has 0 radical (unpaired) electrons. The Morgan fingerprint density at radius 1 is 1.23 bits per heavy atom. The lowest BCUT2D eigenvalue weighted by Gasteiger charge is -2.35. The second-order valence-corrected chi connectivity index (χ2v) is 8.26. The van der Waals surface area contributed by atoms with Gasteiger partial charge in [0.1, 0.15) is 17.6 Å². The number of carbonyl (C=O) groups is 1. The molecule has 22 heavy (non-hydrogen) atoms. The zero-order chi connectivity index (χ0) is 15.7. The van der Waals surface area contributed by atoms with E-state index in [0.717, 1.165) is 13.1 Å². The Bertz CT molecular complexity index is 669. The third-order valence-electron chi connectivity index (χ3n) is 4.61. The van der Waals surface area contributed by atoms with Crippen molar-refractivity contribution in [3.8, 4) is 0 Å². The molecule has 0 aliphatic carbocycles. The van der Waals surface area contributed by atoms with Crippen molar-refractivity contribution >= 4 is 15.7 Å². The van der Waals surface area contributed by atoms with Gasteiger partial charge in [0.25, 0.3) is 5.91 Å². The highest BCUT2D eigenvalue weighted by Crippen LogP contribution is 2.12. The molecule has 0 saturated carbocycles. The maximum absolute atomic E-state index is 13.7. The van der Waals surface area contributed by atoms with Crippen molar-refractivity contribution in [2.24, 2.45) is 0 Å². The van der Waals surface area contributed by atoms with E-state index >= 15 is 0 Å². The zero-order valence-electron chi connectivity index (χ0n) is 12.3. The number of quaternary nitrogens is 1. The average molecular weight is 327 g/mol. The van der Waals surface area contributed by atoms with Crippen LogP contribution in [0.2, 0.25) is 0 Å². The number of carbonyl (C=O) groups excluding carboxylic acids is 1. The summed E-state index contributed by atoms with van der Waals surface area (Å²) in [4.78, 5) is 15.2. The second-order valence-electron chi connectivity index (χ2n) is 6.03. The number of halogens is 1. The van der Waals surface area contributed by atoms with Gasteiger partial charge in [-0.2, -0.15) is 0 Å². The van der Waals surface area contributed by atoms with Crippen LogP contribution in [0, 0.1) is 5.82 Å². The molecule has 0 aromatic heterocycles. The number of nitrogens with zero attached hydrogens (tertiary/aromatic N) is 1. The van der Waals surface area contributed by atoms with Crippen molar-refractivity contribution in [1.82, 2.24) is 4.90 Å². The Hall–Kier alpha value is -1.47. The normalized spacial score (nSPS) is 25.3. The van der Waals surface area contributed by atoms with Crippen molar-refractivity contribution in [2.75, 3.05) is 37.7 Å². The Kier molecular flexibility index (Phi) is 4.18. The molecule has 2 saturated heterocycles. The number of nitrogens with one attached hydrogen (secondary N) is 1. The van der Waals surface area contributed by atoms with Crippen molar-refractivity contribution in [1.29, 1.82) is 0 Å². The third kappa shape index (κ3) is 3.15. The molecule has 1 amide bonds. The molecule has 0 spiro atoms. The summed E-state index contributed by atoms with van der Waals surface area (Å²) in [5.74, 6) is -0.247. The topological polar surface area (TPSA) is 58.9 Å². The first-order valence-electron chi connectivity index (χ1n) is 7.55. The van der Waals surface area contributed by atoms with Gasteiger partial charge in [-0.3, -0.25) is 4.79 Å². The van der Waals surface area contributed by atoms with Gasteiger partial charge in [0.2, 0.25) is 0 Å². The number of rotatable bonds is 2.